The topological polar surface area (TPSA) is 84.9 Å². The van der Waals surface area contributed by atoms with Crippen LogP contribution in [0.1, 0.15) is 38.3 Å². The Kier molecular flexibility index (Phi) is 9.88. The summed E-state index contributed by atoms with van der Waals surface area (Å²) in [6.45, 7) is 11.3. The summed E-state index contributed by atoms with van der Waals surface area (Å²) in [7, 11) is -4.86. The molecule has 0 heterocycles. The zero-order valence-corrected chi connectivity index (χ0v) is 25.8. The number of nitrogens with one attached hydrogen (secondary N) is 1. The lowest BCUT2D eigenvalue weighted by atomic mass is 9.96. The van der Waals surface area contributed by atoms with Crippen molar-refractivity contribution in [3.63, 3.8) is 0 Å². The van der Waals surface area contributed by atoms with Gasteiger partial charge in [0.1, 0.15) is 10.7 Å². The maximum absolute atomic E-state index is 14.9. The fourth-order valence-corrected chi connectivity index (χ4v) is 6.67. The van der Waals surface area contributed by atoms with Crippen LogP contribution in [-0.2, 0) is 27.5 Å². The van der Waals surface area contributed by atoms with Crippen molar-refractivity contribution >= 4 is 35.6 Å². The summed E-state index contributed by atoms with van der Waals surface area (Å²) in [5.41, 5.74) is 2.68. The van der Waals surface area contributed by atoms with Gasteiger partial charge in [-0.2, -0.15) is 0 Å². The Bertz CT molecular complexity index is 1420. The first-order valence-electron chi connectivity index (χ1n) is 12.7. The number of halogens is 2. The Morgan fingerprint density at radius 1 is 1.08 bits per heavy atom. The van der Waals surface area contributed by atoms with Crippen LogP contribution in [0.2, 0.25) is 23.2 Å². The van der Waals surface area contributed by atoms with Crippen LogP contribution in [0.25, 0.3) is 11.1 Å². The smallest absolute Gasteiger partial charge is 0.265 e. The lowest BCUT2D eigenvalue weighted by Gasteiger charge is -2.36. The molecule has 0 unspecified atom stereocenters. The lowest BCUT2D eigenvalue weighted by molar-refractivity contribution is 0.281. The van der Waals surface area contributed by atoms with Crippen LogP contribution in [0.15, 0.2) is 59.5 Å². The van der Waals surface area contributed by atoms with Crippen molar-refractivity contribution in [3.05, 3.63) is 76.6 Å². The van der Waals surface area contributed by atoms with E-state index in [2.05, 4.69) is 38.6 Å². The van der Waals surface area contributed by atoms with Gasteiger partial charge >= 0.3 is 0 Å². The van der Waals surface area contributed by atoms with E-state index in [1.54, 1.807) is 6.07 Å². The highest BCUT2D eigenvalue weighted by atomic mass is 35.5. The number of hydrogen-bond donors (Lipinski definition) is 2. The quantitative estimate of drug-likeness (QED) is 0.179. The SMILES string of the molecule is COc1c(Cl)cc(CO)cc1S(=O)(=O)Nc1cc(-c2ccccc2CCCO[Si](C)(C)C(C)(C)C)ccc1F. The molecule has 0 saturated carbocycles. The van der Waals surface area contributed by atoms with Gasteiger partial charge in [-0.1, -0.05) is 62.7 Å². The van der Waals surface area contributed by atoms with Gasteiger partial charge in [-0.05, 0) is 77.5 Å². The van der Waals surface area contributed by atoms with Crippen molar-refractivity contribution in [2.45, 2.75) is 63.2 Å². The molecule has 0 fully saturated rings. The number of aliphatic hydroxyl groups is 1. The molecule has 6 nitrogen and oxygen atoms in total. The van der Waals surface area contributed by atoms with E-state index in [0.717, 1.165) is 24.0 Å². The Hall–Kier alpha value is -2.43. The number of aliphatic hydroxyl groups excluding tert-OH is 1. The molecule has 0 bridgehead atoms. The summed E-state index contributed by atoms with van der Waals surface area (Å²) >= 11 is 6.17. The summed E-state index contributed by atoms with van der Waals surface area (Å²) in [6.07, 6.45) is 1.58. The normalized spacial score (nSPS) is 12.4. The molecule has 0 aliphatic rings. The van der Waals surface area contributed by atoms with Crippen molar-refractivity contribution in [1.29, 1.82) is 0 Å². The van der Waals surface area contributed by atoms with Crippen LogP contribution in [-0.4, -0.2) is 35.6 Å². The van der Waals surface area contributed by atoms with Crippen LogP contribution in [0.3, 0.4) is 0 Å². The Labute approximate surface area is 237 Å². The average Bonchev–Trinajstić information content (AvgIpc) is 2.87. The number of ether oxygens (including phenoxy) is 1. The summed E-state index contributed by atoms with van der Waals surface area (Å²) in [5.74, 6) is -0.825. The highest BCUT2D eigenvalue weighted by Crippen LogP contribution is 2.37. The number of rotatable bonds is 11. The van der Waals surface area contributed by atoms with Crippen LogP contribution in [0.4, 0.5) is 10.1 Å². The minimum absolute atomic E-state index is 0.0186. The molecule has 0 radical (unpaired) electrons. The van der Waals surface area contributed by atoms with E-state index in [9.17, 15) is 17.9 Å². The number of hydrogen-bond acceptors (Lipinski definition) is 5. The van der Waals surface area contributed by atoms with E-state index in [1.807, 2.05) is 24.3 Å². The molecule has 39 heavy (non-hydrogen) atoms. The molecule has 212 valence electrons. The van der Waals surface area contributed by atoms with E-state index >= 15 is 0 Å². The Morgan fingerprint density at radius 3 is 2.41 bits per heavy atom. The Balaban J connectivity index is 1.87. The first-order chi connectivity index (χ1) is 18.2. The lowest BCUT2D eigenvalue weighted by Crippen LogP contribution is -2.41. The van der Waals surface area contributed by atoms with E-state index in [0.29, 0.717) is 12.2 Å². The highest BCUT2D eigenvalue weighted by Gasteiger charge is 2.36. The number of methoxy groups -OCH3 is 1. The third-order valence-electron chi connectivity index (χ3n) is 7.14. The van der Waals surface area contributed by atoms with Crippen LogP contribution < -0.4 is 9.46 Å². The van der Waals surface area contributed by atoms with E-state index in [1.165, 1.54) is 31.4 Å². The largest absolute Gasteiger partial charge is 0.494 e. The van der Waals surface area contributed by atoms with Gasteiger partial charge in [0.25, 0.3) is 10.0 Å². The van der Waals surface area contributed by atoms with Gasteiger partial charge in [-0.3, -0.25) is 4.72 Å². The summed E-state index contributed by atoms with van der Waals surface area (Å²) in [5, 5.41) is 9.67. The Morgan fingerprint density at radius 2 is 1.77 bits per heavy atom. The molecule has 0 atom stereocenters. The van der Waals surface area contributed by atoms with E-state index in [4.69, 9.17) is 20.8 Å². The molecule has 3 rings (SSSR count). The van der Waals surface area contributed by atoms with Gasteiger partial charge in [0.15, 0.2) is 14.1 Å². The molecule has 0 spiro atoms. The summed E-state index contributed by atoms with van der Waals surface area (Å²) in [4.78, 5) is -0.298. The number of benzene rings is 3. The van der Waals surface area contributed by atoms with Crippen molar-refractivity contribution in [2.75, 3.05) is 18.4 Å². The van der Waals surface area contributed by atoms with Gasteiger partial charge in [0.05, 0.1) is 24.4 Å². The number of anilines is 1. The predicted molar refractivity (Wildman–Crippen MR) is 158 cm³/mol. The molecule has 0 aliphatic heterocycles. The zero-order valence-electron chi connectivity index (χ0n) is 23.3. The summed E-state index contributed by atoms with van der Waals surface area (Å²) in [6, 6.07) is 14.8. The van der Waals surface area contributed by atoms with Gasteiger partial charge in [0, 0.05) is 6.61 Å². The molecule has 3 aromatic carbocycles. The second-order valence-electron chi connectivity index (χ2n) is 10.9. The van der Waals surface area contributed by atoms with Gasteiger partial charge in [0.2, 0.25) is 0 Å². The molecular formula is C29H37ClFNO5SSi. The average molecular weight is 594 g/mol. The molecular weight excluding hydrogens is 557 g/mol. The fraction of sp³-hybridized carbons (Fsp3) is 0.379. The highest BCUT2D eigenvalue weighted by molar-refractivity contribution is 7.92. The predicted octanol–water partition coefficient (Wildman–Crippen LogP) is 7.40. The molecule has 0 amide bonds. The first-order valence-corrected chi connectivity index (χ1v) is 17.5. The first kappa shape index (κ1) is 31.1. The third kappa shape index (κ3) is 7.40. The number of aryl methyl sites for hydroxylation is 1. The van der Waals surface area contributed by atoms with Gasteiger partial charge in [-0.15, -0.1) is 0 Å². The second kappa shape index (κ2) is 12.4. The fourth-order valence-electron chi connectivity index (χ4n) is 3.91. The zero-order chi connectivity index (χ0) is 29.0. The maximum Gasteiger partial charge on any atom is 0.265 e. The van der Waals surface area contributed by atoms with Crippen molar-refractivity contribution < 1.29 is 27.1 Å². The minimum Gasteiger partial charge on any atom is -0.494 e. The molecule has 10 heteroatoms. The molecule has 3 aromatic rings. The molecule has 0 aromatic heterocycles. The monoisotopic (exact) mass is 593 g/mol. The van der Waals surface area contributed by atoms with Crippen molar-refractivity contribution in [2.24, 2.45) is 0 Å². The van der Waals surface area contributed by atoms with Crippen molar-refractivity contribution in [3.8, 4) is 16.9 Å². The van der Waals surface area contributed by atoms with E-state index < -0.39 is 30.8 Å². The molecule has 2 N–H and O–H groups in total. The van der Waals surface area contributed by atoms with Gasteiger partial charge in [-0.25, -0.2) is 12.8 Å². The van der Waals surface area contributed by atoms with Crippen LogP contribution in [0.5, 0.6) is 5.75 Å². The standard InChI is InChI=1S/C29H37ClFNO5SSi/c1-29(2,3)39(5,6)37-15-9-11-21-10-7-8-12-23(21)22-13-14-25(31)26(18-22)32-38(34,35)27-17-20(19-33)16-24(30)28(27)36-4/h7-8,10,12-14,16-18,32-33H,9,11,15,19H2,1-6H3. The third-order valence-corrected chi connectivity index (χ3v) is 13.3. The van der Waals surface area contributed by atoms with Crippen molar-refractivity contribution in [1.82, 2.24) is 0 Å². The molecule has 0 saturated heterocycles. The minimum atomic E-state index is -4.31. The van der Waals surface area contributed by atoms with E-state index in [-0.39, 0.29) is 32.0 Å². The van der Waals surface area contributed by atoms with Gasteiger partial charge < -0.3 is 14.3 Å². The summed E-state index contributed by atoms with van der Waals surface area (Å²) < 4.78 is 55.3. The second-order valence-corrected chi connectivity index (χ2v) is 17.8. The van der Waals surface area contributed by atoms with Crippen LogP contribution >= 0.6 is 11.6 Å². The number of sulfonamides is 1. The van der Waals surface area contributed by atoms with Crippen LogP contribution in [0, 0.1) is 5.82 Å². The maximum atomic E-state index is 14.9. The molecule has 0 aliphatic carbocycles.